The van der Waals surface area contributed by atoms with Crippen LogP contribution in [0, 0.1) is 5.92 Å². The van der Waals surface area contributed by atoms with Crippen molar-refractivity contribution < 1.29 is 0 Å². The average molecular weight is 540 g/mol. The van der Waals surface area contributed by atoms with Gasteiger partial charge in [0.2, 0.25) is 0 Å². The van der Waals surface area contributed by atoms with E-state index >= 15 is 0 Å². The van der Waals surface area contributed by atoms with Crippen LogP contribution in [-0.4, -0.2) is 51.8 Å². The molecule has 2 heterocycles. The third-order valence-electron chi connectivity index (χ3n) is 5.69. The van der Waals surface area contributed by atoms with Gasteiger partial charge in [-0.15, -0.1) is 34.2 Å². The van der Waals surface area contributed by atoms with Crippen LogP contribution in [0.1, 0.15) is 50.6 Å². The summed E-state index contributed by atoms with van der Waals surface area (Å²) in [5, 5.41) is 14.9. The van der Waals surface area contributed by atoms with Crippen LogP contribution >= 0.6 is 24.0 Å². The third-order valence-corrected chi connectivity index (χ3v) is 5.69. The molecule has 1 saturated heterocycles. The van der Waals surface area contributed by atoms with Gasteiger partial charge < -0.3 is 15.2 Å². The van der Waals surface area contributed by atoms with Crippen LogP contribution in [-0.2, 0) is 26.1 Å². The normalized spacial score (nSPS) is 15.5. The first kappa shape index (κ1) is 25.6. The lowest BCUT2D eigenvalue weighted by atomic mass is 9.98. The Bertz CT molecular complexity index is 797. The number of nitrogens with one attached hydrogen (secondary N) is 2. The van der Waals surface area contributed by atoms with Crippen LogP contribution < -0.4 is 10.6 Å². The highest BCUT2D eigenvalue weighted by Crippen LogP contribution is 2.18. The van der Waals surface area contributed by atoms with Gasteiger partial charge in [0.05, 0.1) is 6.54 Å². The van der Waals surface area contributed by atoms with Crippen molar-refractivity contribution in [3.05, 3.63) is 47.5 Å². The van der Waals surface area contributed by atoms with Gasteiger partial charge in [0.1, 0.15) is 12.2 Å². The lowest BCUT2D eigenvalue weighted by Gasteiger charge is -2.30. The Balaban J connectivity index is 0.00000341. The van der Waals surface area contributed by atoms with Gasteiger partial charge in [0.15, 0.2) is 5.96 Å². The first-order chi connectivity index (χ1) is 14.7. The number of likely N-dealkylation sites (tertiary alicyclic amines) is 1. The molecular weight excluding hydrogens is 501 g/mol. The smallest absolute Gasteiger partial charge is 0.191 e. The van der Waals surface area contributed by atoms with E-state index in [9.17, 15) is 0 Å². The van der Waals surface area contributed by atoms with Crippen molar-refractivity contribution >= 4 is 29.9 Å². The second-order valence-corrected chi connectivity index (χ2v) is 8.19. The summed E-state index contributed by atoms with van der Waals surface area (Å²) in [7, 11) is 0. The lowest BCUT2D eigenvalue weighted by molar-refractivity contribution is 0.185. The average Bonchev–Trinajstić information content (AvgIpc) is 3.21. The highest BCUT2D eigenvalue weighted by atomic mass is 127. The van der Waals surface area contributed by atoms with Crippen molar-refractivity contribution in [1.82, 2.24) is 30.3 Å². The maximum Gasteiger partial charge on any atom is 0.191 e. The summed E-state index contributed by atoms with van der Waals surface area (Å²) < 4.78 is 2.08. The first-order valence-electron chi connectivity index (χ1n) is 11.4. The minimum Gasteiger partial charge on any atom is -0.357 e. The van der Waals surface area contributed by atoms with Crippen LogP contribution in [0.3, 0.4) is 0 Å². The number of aryl methyl sites for hydroxylation is 1. The maximum absolute atomic E-state index is 4.78. The maximum atomic E-state index is 4.78. The van der Waals surface area contributed by atoms with Crippen LogP contribution in [0.4, 0.5) is 0 Å². The van der Waals surface area contributed by atoms with Crippen LogP contribution in [0.25, 0.3) is 0 Å². The molecule has 0 spiro atoms. The molecule has 2 aromatic rings. The van der Waals surface area contributed by atoms with Crippen molar-refractivity contribution in [2.75, 3.05) is 26.2 Å². The summed E-state index contributed by atoms with van der Waals surface area (Å²) in [5.74, 6) is 2.73. The van der Waals surface area contributed by atoms with E-state index in [0.29, 0.717) is 6.54 Å². The summed E-state index contributed by atoms with van der Waals surface area (Å²) in [6, 6.07) is 8.86. The molecule has 8 heteroatoms. The Morgan fingerprint density at radius 1 is 1.16 bits per heavy atom. The SMILES string of the molecule is CCNC(=NCc1cccc(CN2CCC(C)CC2)c1)NCCn1cnnc1CC.I. The molecule has 1 aliphatic rings. The Morgan fingerprint density at radius 2 is 1.94 bits per heavy atom. The van der Waals surface area contributed by atoms with E-state index in [2.05, 4.69) is 75.3 Å². The quantitative estimate of drug-likeness (QED) is 0.290. The van der Waals surface area contributed by atoms with Gasteiger partial charge in [0, 0.05) is 32.6 Å². The summed E-state index contributed by atoms with van der Waals surface area (Å²) >= 11 is 0. The van der Waals surface area contributed by atoms with Crippen LogP contribution in [0.15, 0.2) is 35.6 Å². The monoisotopic (exact) mass is 539 g/mol. The molecule has 0 atom stereocenters. The molecule has 1 aliphatic heterocycles. The molecule has 0 unspecified atom stereocenters. The molecule has 3 rings (SSSR count). The second kappa shape index (κ2) is 13.7. The molecular formula is C23H38IN7. The van der Waals surface area contributed by atoms with Crippen molar-refractivity contribution in [2.24, 2.45) is 10.9 Å². The molecule has 1 fully saturated rings. The van der Waals surface area contributed by atoms with E-state index < -0.39 is 0 Å². The molecule has 1 aromatic carbocycles. The molecule has 0 saturated carbocycles. The van der Waals surface area contributed by atoms with Gasteiger partial charge in [-0.05, 0) is 49.9 Å². The fourth-order valence-electron chi connectivity index (χ4n) is 3.85. The van der Waals surface area contributed by atoms with E-state index in [4.69, 9.17) is 4.99 Å². The summed E-state index contributed by atoms with van der Waals surface area (Å²) in [4.78, 5) is 7.36. The summed E-state index contributed by atoms with van der Waals surface area (Å²) in [5.41, 5.74) is 2.64. The molecule has 0 radical (unpaired) electrons. The highest BCUT2D eigenvalue weighted by molar-refractivity contribution is 14.0. The summed E-state index contributed by atoms with van der Waals surface area (Å²) in [6.45, 7) is 13.1. The van der Waals surface area contributed by atoms with Crippen LogP contribution in [0.2, 0.25) is 0 Å². The molecule has 0 amide bonds. The predicted molar refractivity (Wildman–Crippen MR) is 138 cm³/mol. The Kier molecular flexibility index (Phi) is 11.3. The fraction of sp³-hybridized carbons (Fsp3) is 0.609. The lowest BCUT2D eigenvalue weighted by Crippen LogP contribution is -2.38. The van der Waals surface area contributed by atoms with Gasteiger partial charge in [0.25, 0.3) is 0 Å². The number of rotatable bonds is 9. The Labute approximate surface area is 204 Å². The minimum absolute atomic E-state index is 0. The van der Waals surface area contributed by atoms with Gasteiger partial charge in [-0.3, -0.25) is 4.90 Å². The molecule has 0 aliphatic carbocycles. The zero-order chi connectivity index (χ0) is 21.2. The number of guanidine groups is 1. The third kappa shape index (κ3) is 8.40. The molecule has 2 N–H and O–H groups in total. The van der Waals surface area contributed by atoms with Crippen molar-refractivity contribution in [1.29, 1.82) is 0 Å². The standard InChI is InChI=1S/C23H37N7.HI/c1-4-22-28-27-18-30(22)14-11-25-23(24-5-2)26-16-20-7-6-8-21(15-20)17-29-12-9-19(3)10-13-29;/h6-8,15,18-19H,4-5,9-14,16-17H2,1-3H3,(H2,24,25,26);1H. The number of hydrogen-bond acceptors (Lipinski definition) is 4. The van der Waals surface area contributed by atoms with E-state index in [0.717, 1.165) is 50.3 Å². The largest absolute Gasteiger partial charge is 0.357 e. The zero-order valence-electron chi connectivity index (χ0n) is 19.2. The van der Waals surface area contributed by atoms with Gasteiger partial charge in [-0.1, -0.05) is 38.1 Å². The van der Waals surface area contributed by atoms with Gasteiger partial charge in [-0.25, -0.2) is 4.99 Å². The van der Waals surface area contributed by atoms with E-state index in [1.165, 1.54) is 37.1 Å². The highest BCUT2D eigenvalue weighted by Gasteiger charge is 2.15. The Hall–Kier alpha value is -1.68. The number of nitrogens with zero attached hydrogens (tertiary/aromatic N) is 5. The van der Waals surface area contributed by atoms with Crippen molar-refractivity contribution in [3.8, 4) is 0 Å². The Morgan fingerprint density at radius 3 is 2.68 bits per heavy atom. The number of aliphatic imine (C=N–C) groups is 1. The van der Waals surface area contributed by atoms with E-state index in [1.54, 1.807) is 6.33 Å². The topological polar surface area (TPSA) is 70.4 Å². The second-order valence-electron chi connectivity index (χ2n) is 8.19. The number of aromatic nitrogens is 3. The fourth-order valence-corrected chi connectivity index (χ4v) is 3.85. The molecule has 172 valence electrons. The van der Waals surface area contributed by atoms with Crippen LogP contribution in [0.5, 0.6) is 0 Å². The summed E-state index contributed by atoms with van der Waals surface area (Å²) in [6.07, 6.45) is 5.31. The number of piperidine rings is 1. The number of hydrogen-bond donors (Lipinski definition) is 2. The van der Waals surface area contributed by atoms with Crippen molar-refractivity contribution in [3.63, 3.8) is 0 Å². The van der Waals surface area contributed by atoms with Gasteiger partial charge >= 0.3 is 0 Å². The van der Waals surface area contributed by atoms with Gasteiger partial charge in [-0.2, -0.15) is 0 Å². The number of benzene rings is 1. The molecule has 7 nitrogen and oxygen atoms in total. The predicted octanol–water partition coefficient (Wildman–Crippen LogP) is 3.45. The van der Waals surface area contributed by atoms with Crippen molar-refractivity contribution in [2.45, 2.75) is 59.7 Å². The van der Waals surface area contributed by atoms with E-state index in [1.807, 2.05) is 0 Å². The molecule has 31 heavy (non-hydrogen) atoms. The zero-order valence-corrected chi connectivity index (χ0v) is 21.5. The minimum atomic E-state index is 0. The first-order valence-corrected chi connectivity index (χ1v) is 11.4. The number of halogens is 1. The molecule has 1 aromatic heterocycles. The van der Waals surface area contributed by atoms with E-state index in [-0.39, 0.29) is 24.0 Å². The molecule has 0 bridgehead atoms.